The zero-order chi connectivity index (χ0) is 28.6. The molecule has 216 valence electrons. The summed E-state index contributed by atoms with van der Waals surface area (Å²) in [5.74, 6) is 1.93. The number of benzene rings is 2. The summed E-state index contributed by atoms with van der Waals surface area (Å²) in [5, 5.41) is 13.9. The number of nitrogens with one attached hydrogen (secondary N) is 1. The number of hydrogen-bond acceptors (Lipinski definition) is 7. The maximum absolute atomic E-state index is 12.6. The van der Waals surface area contributed by atoms with E-state index in [1.165, 1.54) is 12.7 Å². The first-order valence-corrected chi connectivity index (χ1v) is 13.7. The van der Waals surface area contributed by atoms with Gasteiger partial charge in [-0.05, 0) is 98.0 Å². The van der Waals surface area contributed by atoms with Gasteiger partial charge in [-0.2, -0.15) is 0 Å². The summed E-state index contributed by atoms with van der Waals surface area (Å²) in [6, 6.07) is 10.0. The fourth-order valence-electron chi connectivity index (χ4n) is 6.50. The average molecular weight is 544 g/mol. The fourth-order valence-corrected chi connectivity index (χ4v) is 6.50. The summed E-state index contributed by atoms with van der Waals surface area (Å²) in [7, 11) is 8.02. The Bertz CT molecular complexity index is 1100. The second-order valence-electron chi connectivity index (χ2n) is 10.5. The molecule has 3 atom stereocenters. The van der Waals surface area contributed by atoms with Crippen LogP contribution >= 0.6 is 0 Å². The van der Waals surface area contributed by atoms with E-state index in [1.807, 2.05) is 24.3 Å². The molecule has 1 aliphatic carbocycles. The molecule has 0 radical (unpaired) electrons. The summed E-state index contributed by atoms with van der Waals surface area (Å²) in [6.45, 7) is 5.86. The largest absolute Gasteiger partial charge is 0.493 e. The predicted octanol–water partition coefficient (Wildman–Crippen LogP) is 4.89. The van der Waals surface area contributed by atoms with Crippen LogP contribution in [0.25, 0.3) is 0 Å². The molecule has 3 rings (SSSR count). The maximum Gasteiger partial charge on any atom is 0.333 e. The minimum absolute atomic E-state index is 0.0192. The van der Waals surface area contributed by atoms with Crippen molar-refractivity contribution in [1.29, 1.82) is 0 Å². The minimum atomic E-state index is -0.982. The summed E-state index contributed by atoms with van der Waals surface area (Å²) >= 11 is 0. The average Bonchev–Trinajstić information content (AvgIpc) is 2.94. The van der Waals surface area contributed by atoms with Crippen LogP contribution in [0.4, 0.5) is 0 Å². The third-order valence-corrected chi connectivity index (χ3v) is 8.30. The number of methoxy groups -OCH3 is 5. The molecule has 0 bridgehead atoms. The standard InChI is InChI=1S/C31H45NO7/c1-20(2)31(29(39-7)30(33)34)23(12-11-22-18-27(37-5)28(38-6)19-24(22)31)14-16-32-15-8-9-21-10-13-25(35-3)26(17-21)36-4/h10,13,17-20,23,29,32H,8-9,11-12,14-16H2,1-7H3,(H,33,34). The zero-order valence-electron chi connectivity index (χ0n) is 24.5. The van der Waals surface area contributed by atoms with E-state index in [1.54, 1.807) is 28.4 Å². The van der Waals surface area contributed by atoms with Crippen molar-refractivity contribution < 1.29 is 33.6 Å². The Kier molecular flexibility index (Phi) is 10.9. The molecule has 0 saturated heterocycles. The molecule has 3 unspecified atom stereocenters. The van der Waals surface area contributed by atoms with Gasteiger partial charge in [0.15, 0.2) is 29.1 Å². The van der Waals surface area contributed by atoms with Crippen molar-refractivity contribution in [2.45, 2.75) is 57.5 Å². The van der Waals surface area contributed by atoms with Crippen LogP contribution in [0, 0.1) is 11.8 Å². The van der Waals surface area contributed by atoms with Crippen LogP contribution in [0.1, 0.15) is 49.8 Å². The van der Waals surface area contributed by atoms with E-state index in [-0.39, 0.29) is 11.8 Å². The van der Waals surface area contributed by atoms with Crippen LogP contribution in [-0.4, -0.2) is 65.8 Å². The van der Waals surface area contributed by atoms with Crippen LogP contribution < -0.4 is 24.3 Å². The molecule has 0 fully saturated rings. The van der Waals surface area contributed by atoms with Crippen LogP contribution in [0.5, 0.6) is 23.0 Å². The van der Waals surface area contributed by atoms with E-state index >= 15 is 0 Å². The molecule has 0 amide bonds. The highest BCUT2D eigenvalue weighted by Crippen LogP contribution is 2.53. The first-order valence-electron chi connectivity index (χ1n) is 13.7. The summed E-state index contributed by atoms with van der Waals surface area (Å²) in [4.78, 5) is 12.6. The van der Waals surface area contributed by atoms with Crippen molar-refractivity contribution in [2.75, 3.05) is 48.6 Å². The number of carbonyl (C=O) groups is 1. The van der Waals surface area contributed by atoms with E-state index in [4.69, 9.17) is 23.7 Å². The summed E-state index contributed by atoms with van der Waals surface area (Å²) in [5.41, 5.74) is 2.58. The van der Waals surface area contributed by atoms with E-state index in [0.29, 0.717) is 11.5 Å². The summed E-state index contributed by atoms with van der Waals surface area (Å²) in [6.07, 6.45) is 3.49. The van der Waals surface area contributed by atoms with Crippen LogP contribution in [0.15, 0.2) is 30.3 Å². The topological polar surface area (TPSA) is 95.5 Å². The maximum atomic E-state index is 12.6. The van der Waals surface area contributed by atoms with Crippen LogP contribution in [-0.2, 0) is 27.8 Å². The minimum Gasteiger partial charge on any atom is -0.493 e. The van der Waals surface area contributed by atoms with Crippen molar-refractivity contribution in [2.24, 2.45) is 11.8 Å². The number of aliphatic carboxylic acids is 1. The van der Waals surface area contributed by atoms with E-state index in [9.17, 15) is 9.90 Å². The Labute approximate surface area is 232 Å². The molecule has 0 spiro atoms. The van der Waals surface area contributed by atoms with Gasteiger partial charge in [-0.1, -0.05) is 19.9 Å². The third-order valence-electron chi connectivity index (χ3n) is 8.30. The lowest BCUT2D eigenvalue weighted by Crippen LogP contribution is -2.56. The highest BCUT2D eigenvalue weighted by Gasteiger charge is 2.55. The van der Waals surface area contributed by atoms with Gasteiger partial charge in [-0.15, -0.1) is 0 Å². The number of hydrogen-bond donors (Lipinski definition) is 2. The van der Waals surface area contributed by atoms with Crippen LogP contribution in [0.3, 0.4) is 0 Å². The van der Waals surface area contributed by atoms with Crippen molar-refractivity contribution in [3.8, 4) is 23.0 Å². The molecule has 39 heavy (non-hydrogen) atoms. The predicted molar refractivity (Wildman–Crippen MR) is 152 cm³/mol. The van der Waals surface area contributed by atoms with E-state index < -0.39 is 17.5 Å². The van der Waals surface area contributed by atoms with Gasteiger partial charge in [0.05, 0.1) is 28.4 Å². The molecule has 0 saturated carbocycles. The molecule has 2 N–H and O–H groups in total. The normalized spacial score (nSPS) is 19.3. The molecule has 8 heteroatoms. The number of fused-ring (bicyclic) bond motifs is 1. The Hall–Kier alpha value is -2.97. The summed E-state index contributed by atoms with van der Waals surface area (Å²) < 4.78 is 27.7. The molecule has 2 aromatic rings. The zero-order valence-corrected chi connectivity index (χ0v) is 24.5. The number of rotatable bonds is 15. The first kappa shape index (κ1) is 30.6. The number of carboxylic acid groups (broad SMARTS) is 1. The molecular weight excluding hydrogens is 498 g/mol. The number of aryl methyl sites for hydroxylation is 2. The van der Waals surface area contributed by atoms with Crippen LogP contribution in [0.2, 0.25) is 0 Å². The molecule has 0 aromatic heterocycles. The Balaban J connectivity index is 1.76. The Morgan fingerprint density at radius 1 is 0.949 bits per heavy atom. The molecule has 1 aliphatic rings. The lowest BCUT2D eigenvalue weighted by molar-refractivity contribution is -0.158. The molecular formula is C31H45NO7. The lowest BCUT2D eigenvalue weighted by Gasteiger charge is -2.51. The highest BCUT2D eigenvalue weighted by atomic mass is 16.5. The lowest BCUT2D eigenvalue weighted by atomic mass is 9.54. The monoisotopic (exact) mass is 543 g/mol. The van der Waals surface area contributed by atoms with Gasteiger partial charge in [0.2, 0.25) is 0 Å². The van der Waals surface area contributed by atoms with E-state index in [2.05, 4.69) is 25.2 Å². The molecule has 2 aromatic carbocycles. The quantitative estimate of drug-likeness (QED) is 0.307. The number of carboxylic acids is 1. The van der Waals surface area contributed by atoms with Crippen molar-refractivity contribution in [3.05, 3.63) is 47.0 Å². The molecule has 0 heterocycles. The van der Waals surface area contributed by atoms with Crippen molar-refractivity contribution in [1.82, 2.24) is 5.32 Å². The first-order chi connectivity index (χ1) is 18.8. The Morgan fingerprint density at radius 2 is 1.59 bits per heavy atom. The van der Waals surface area contributed by atoms with Gasteiger partial charge in [0, 0.05) is 12.5 Å². The second-order valence-corrected chi connectivity index (χ2v) is 10.5. The second kappa shape index (κ2) is 13.9. The number of ether oxygens (including phenoxy) is 5. The Morgan fingerprint density at radius 3 is 2.18 bits per heavy atom. The third kappa shape index (κ3) is 6.28. The van der Waals surface area contributed by atoms with Gasteiger partial charge < -0.3 is 34.1 Å². The van der Waals surface area contributed by atoms with Gasteiger partial charge in [-0.3, -0.25) is 0 Å². The van der Waals surface area contributed by atoms with Crippen molar-refractivity contribution >= 4 is 5.97 Å². The van der Waals surface area contributed by atoms with Gasteiger partial charge in [-0.25, -0.2) is 4.79 Å². The highest BCUT2D eigenvalue weighted by molar-refractivity contribution is 5.76. The van der Waals surface area contributed by atoms with Gasteiger partial charge >= 0.3 is 5.97 Å². The van der Waals surface area contributed by atoms with E-state index in [0.717, 1.165) is 67.8 Å². The van der Waals surface area contributed by atoms with Crippen molar-refractivity contribution in [3.63, 3.8) is 0 Å². The molecule has 8 nitrogen and oxygen atoms in total. The molecule has 0 aliphatic heterocycles. The van der Waals surface area contributed by atoms with Gasteiger partial charge in [0.25, 0.3) is 0 Å². The SMILES string of the molecule is COc1ccc(CCCNCCC2CCc3cc(OC)c(OC)cc3C2(C(C)C)C(OC)C(=O)O)cc1OC. The smallest absolute Gasteiger partial charge is 0.333 e. The van der Waals surface area contributed by atoms with Gasteiger partial charge in [0.1, 0.15) is 0 Å². The fraction of sp³-hybridized carbons (Fsp3) is 0.581.